The highest BCUT2D eigenvalue weighted by molar-refractivity contribution is 7.19. The van der Waals surface area contributed by atoms with Crippen LogP contribution in [0.3, 0.4) is 0 Å². The van der Waals surface area contributed by atoms with Gasteiger partial charge in [0.25, 0.3) is 0 Å². The van der Waals surface area contributed by atoms with Gasteiger partial charge < -0.3 is 0 Å². The van der Waals surface area contributed by atoms with E-state index in [9.17, 15) is 0 Å². The van der Waals surface area contributed by atoms with Crippen molar-refractivity contribution in [1.29, 1.82) is 0 Å². The van der Waals surface area contributed by atoms with E-state index in [2.05, 4.69) is 201 Å². The maximum atomic E-state index is 5.48. The summed E-state index contributed by atoms with van der Waals surface area (Å²) in [6.07, 6.45) is 0. The van der Waals surface area contributed by atoms with Gasteiger partial charge in [0, 0.05) is 16.3 Å². The van der Waals surface area contributed by atoms with E-state index in [4.69, 9.17) is 4.98 Å². The van der Waals surface area contributed by atoms with Crippen molar-refractivity contribution < 1.29 is 0 Å². The minimum absolute atomic E-state index is 0.0700. The predicted molar refractivity (Wildman–Crippen MR) is 206 cm³/mol. The molecule has 0 aliphatic carbocycles. The first-order chi connectivity index (χ1) is 23.4. The molecule has 48 heavy (non-hydrogen) atoms. The Labute approximate surface area is 284 Å². The monoisotopic (exact) mass is 634 g/mol. The van der Waals surface area contributed by atoms with Crippen LogP contribution in [-0.2, 0) is 5.41 Å². The molecule has 0 aliphatic heterocycles. The largest absolute Gasteiger partial charge is 0.294 e. The molecule has 232 valence electrons. The molecule has 0 aliphatic rings. The van der Waals surface area contributed by atoms with Crippen molar-refractivity contribution in [1.82, 2.24) is 9.55 Å². The van der Waals surface area contributed by atoms with Gasteiger partial charge >= 0.3 is 0 Å². The van der Waals surface area contributed by atoms with Gasteiger partial charge in [-0.2, -0.15) is 0 Å². The number of hydrogen-bond donors (Lipinski definition) is 0. The fraction of sp³-hybridized carbons (Fsp3) is 0.0889. The van der Waals surface area contributed by atoms with Crippen LogP contribution in [0.2, 0.25) is 0 Å². The molecular weight excluding hydrogens is 597 g/mol. The Morgan fingerprint density at radius 1 is 0.458 bits per heavy atom. The van der Waals surface area contributed by atoms with E-state index in [1.54, 1.807) is 0 Å². The number of benzene rings is 6. The summed E-state index contributed by atoms with van der Waals surface area (Å²) >= 11 is 0. The molecule has 0 radical (unpaired) electrons. The van der Waals surface area contributed by atoms with Crippen molar-refractivity contribution in [2.45, 2.75) is 26.2 Å². The molecule has 6 aromatic carbocycles. The lowest BCUT2D eigenvalue weighted by Crippen LogP contribution is -2.74. The first-order valence-electron chi connectivity index (χ1n) is 16.7. The molecule has 2 nitrogen and oxygen atoms in total. The van der Waals surface area contributed by atoms with Crippen LogP contribution in [-0.4, -0.2) is 17.6 Å². The van der Waals surface area contributed by atoms with Crippen molar-refractivity contribution in [3.63, 3.8) is 0 Å². The molecule has 0 unspecified atom stereocenters. The summed E-state index contributed by atoms with van der Waals surface area (Å²) in [5, 5.41) is 7.91. The number of aromatic nitrogens is 2. The molecule has 0 N–H and O–H groups in total. The van der Waals surface area contributed by atoms with Crippen LogP contribution in [0.15, 0.2) is 176 Å². The van der Waals surface area contributed by atoms with Crippen molar-refractivity contribution in [3.05, 3.63) is 181 Å². The van der Waals surface area contributed by atoms with E-state index in [1.807, 2.05) is 0 Å². The fourth-order valence-corrected chi connectivity index (χ4v) is 12.2. The van der Waals surface area contributed by atoms with Gasteiger partial charge in [-0.3, -0.25) is 4.57 Å². The van der Waals surface area contributed by atoms with Crippen molar-refractivity contribution in [2.24, 2.45) is 0 Å². The van der Waals surface area contributed by atoms with Crippen LogP contribution in [0.4, 0.5) is 0 Å². The highest BCUT2D eigenvalue weighted by atomic mass is 28.3. The van der Waals surface area contributed by atoms with Crippen LogP contribution in [0.1, 0.15) is 26.3 Å². The molecule has 0 bridgehead atoms. The molecule has 0 saturated heterocycles. The van der Waals surface area contributed by atoms with Gasteiger partial charge in [-0.15, -0.1) is 0 Å². The van der Waals surface area contributed by atoms with E-state index in [-0.39, 0.29) is 5.41 Å². The zero-order chi connectivity index (χ0) is 32.7. The number of nitrogens with zero attached hydrogens (tertiary/aromatic N) is 2. The van der Waals surface area contributed by atoms with Crippen LogP contribution in [0.5, 0.6) is 0 Å². The predicted octanol–water partition coefficient (Wildman–Crippen LogP) is 8.52. The third-order valence-electron chi connectivity index (χ3n) is 9.70. The molecule has 2 aromatic heterocycles. The summed E-state index contributed by atoms with van der Waals surface area (Å²) in [5.41, 5.74) is 5.63. The number of rotatable bonds is 6. The fourth-order valence-electron chi connectivity index (χ4n) is 7.36. The zero-order valence-corrected chi connectivity index (χ0v) is 28.6. The second kappa shape index (κ2) is 11.9. The Balaban J connectivity index is 1.40. The Hall–Kier alpha value is -5.51. The SMILES string of the molecule is CC(C)(C)c1cc(-c2cccc([Si](c3ccccc3)(c3ccccc3)c3ccccc3)c2)nc(-n2c3ccccc3c3ccccc32)c1. The van der Waals surface area contributed by atoms with E-state index < -0.39 is 8.07 Å². The van der Waals surface area contributed by atoms with E-state index in [0.29, 0.717) is 0 Å². The highest BCUT2D eigenvalue weighted by Crippen LogP contribution is 2.34. The molecule has 0 saturated carbocycles. The minimum Gasteiger partial charge on any atom is -0.294 e. The number of hydrogen-bond acceptors (Lipinski definition) is 1. The molecule has 0 atom stereocenters. The number of para-hydroxylation sites is 2. The van der Waals surface area contributed by atoms with E-state index >= 15 is 0 Å². The molecule has 0 spiro atoms. The molecule has 0 fully saturated rings. The Morgan fingerprint density at radius 3 is 1.42 bits per heavy atom. The molecular formula is C45H38N2Si. The summed E-state index contributed by atoms with van der Waals surface area (Å²) in [6.45, 7) is 6.86. The highest BCUT2D eigenvalue weighted by Gasteiger charge is 2.41. The van der Waals surface area contributed by atoms with Crippen molar-refractivity contribution in [3.8, 4) is 17.1 Å². The first kappa shape index (κ1) is 29.9. The minimum atomic E-state index is -2.69. The van der Waals surface area contributed by atoms with Crippen LogP contribution in [0, 0.1) is 0 Å². The first-order valence-corrected chi connectivity index (χ1v) is 18.7. The zero-order valence-electron chi connectivity index (χ0n) is 27.6. The standard InChI is InChI=1S/C45H38N2Si/c1-45(2,3)34-31-41(46-44(32-34)47-42-28-15-13-26-39(42)40-27-14-16-29-43(40)47)33-18-17-25-38(30-33)48(35-19-7-4-8-20-35,36-21-9-5-10-22-36)37-23-11-6-12-24-37/h4-32H,1-3H3. The third kappa shape index (κ3) is 4.99. The molecule has 0 amide bonds. The van der Waals surface area contributed by atoms with Gasteiger partial charge in [-0.25, -0.2) is 4.98 Å². The summed E-state index contributed by atoms with van der Waals surface area (Å²) in [5.74, 6) is 0.943. The van der Waals surface area contributed by atoms with Crippen LogP contribution in [0.25, 0.3) is 38.9 Å². The normalized spacial score (nSPS) is 12.1. The average molecular weight is 635 g/mol. The maximum absolute atomic E-state index is 5.48. The summed E-state index contributed by atoms with van der Waals surface area (Å²) < 4.78 is 2.34. The van der Waals surface area contributed by atoms with Gasteiger partial charge in [0.05, 0.1) is 16.7 Å². The smallest absolute Gasteiger partial charge is 0.179 e. The van der Waals surface area contributed by atoms with Gasteiger partial charge in [-0.1, -0.05) is 172 Å². The van der Waals surface area contributed by atoms with Gasteiger partial charge in [0.2, 0.25) is 0 Å². The second-order valence-corrected chi connectivity index (χ2v) is 17.5. The molecule has 2 heterocycles. The Kier molecular flexibility index (Phi) is 7.42. The van der Waals surface area contributed by atoms with E-state index in [0.717, 1.165) is 17.1 Å². The van der Waals surface area contributed by atoms with Crippen molar-refractivity contribution >= 4 is 50.6 Å². The Morgan fingerprint density at radius 2 is 0.917 bits per heavy atom. The Bertz CT molecular complexity index is 2220. The van der Waals surface area contributed by atoms with E-state index in [1.165, 1.54) is 48.1 Å². The average Bonchev–Trinajstić information content (AvgIpc) is 3.47. The summed E-state index contributed by atoms with van der Waals surface area (Å²) in [4.78, 5) is 5.48. The quantitative estimate of drug-likeness (QED) is 0.132. The number of pyridine rings is 1. The van der Waals surface area contributed by atoms with Gasteiger partial charge in [0.1, 0.15) is 5.82 Å². The maximum Gasteiger partial charge on any atom is 0.179 e. The van der Waals surface area contributed by atoms with Crippen LogP contribution < -0.4 is 20.7 Å². The van der Waals surface area contributed by atoms with Crippen molar-refractivity contribution in [2.75, 3.05) is 0 Å². The molecule has 8 rings (SSSR count). The number of fused-ring (bicyclic) bond motifs is 3. The lowest BCUT2D eigenvalue weighted by molar-refractivity contribution is 0.589. The molecule has 3 heteroatoms. The van der Waals surface area contributed by atoms with Gasteiger partial charge in [-0.05, 0) is 56.0 Å². The van der Waals surface area contributed by atoms with Gasteiger partial charge in [0.15, 0.2) is 8.07 Å². The lowest BCUT2D eigenvalue weighted by Gasteiger charge is -2.34. The summed E-state index contributed by atoms with van der Waals surface area (Å²) in [6, 6.07) is 64.5. The lowest BCUT2D eigenvalue weighted by atomic mass is 9.86. The van der Waals surface area contributed by atoms with Crippen LogP contribution >= 0.6 is 0 Å². The third-order valence-corrected chi connectivity index (χ3v) is 14.5. The topological polar surface area (TPSA) is 17.8 Å². The summed E-state index contributed by atoms with van der Waals surface area (Å²) in [7, 11) is -2.69. The molecule has 8 aromatic rings. The second-order valence-electron chi connectivity index (χ2n) is 13.6.